The minimum absolute atomic E-state index is 0.145. The number of nitrogens with two attached hydrogens (primary N) is 1. The van der Waals surface area contributed by atoms with Gasteiger partial charge in [-0.3, -0.25) is 0 Å². The molecule has 5 heteroatoms. The molecule has 5 nitrogen and oxygen atoms in total. The van der Waals surface area contributed by atoms with Gasteiger partial charge in [0, 0.05) is 18.3 Å². The van der Waals surface area contributed by atoms with E-state index in [0.717, 1.165) is 25.1 Å². The molecule has 0 aliphatic carbocycles. The lowest BCUT2D eigenvalue weighted by Crippen LogP contribution is -2.33. The summed E-state index contributed by atoms with van der Waals surface area (Å²) in [5, 5.41) is 9.21. The lowest BCUT2D eigenvalue weighted by atomic mass is 10.2. The predicted molar refractivity (Wildman–Crippen MR) is 58.6 cm³/mol. The molecule has 1 aromatic rings. The predicted octanol–water partition coefficient (Wildman–Crippen LogP) is 0.328. The lowest BCUT2D eigenvalue weighted by Gasteiger charge is -2.23. The summed E-state index contributed by atoms with van der Waals surface area (Å²) in [4.78, 5) is 10.6. The topological polar surface area (TPSA) is 75.3 Å². The average Bonchev–Trinajstić information content (AvgIpc) is 2.63. The maximum absolute atomic E-state index is 9.21. The van der Waals surface area contributed by atoms with E-state index in [9.17, 15) is 5.11 Å². The van der Waals surface area contributed by atoms with Crippen molar-refractivity contribution in [3.8, 4) is 0 Å². The number of nitrogens with zero attached hydrogens (tertiary/aromatic N) is 3. The first-order valence-corrected chi connectivity index (χ1v) is 5.19. The van der Waals surface area contributed by atoms with Crippen LogP contribution in [0.2, 0.25) is 0 Å². The quantitative estimate of drug-likeness (QED) is 0.732. The Morgan fingerprint density at radius 1 is 1.60 bits per heavy atom. The number of aliphatic hydroxyl groups is 1. The highest BCUT2D eigenvalue weighted by Crippen LogP contribution is 2.22. The Hall–Kier alpha value is -1.36. The van der Waals surface area contributed by atoms with Crippen LogP contribution in [0.3, 0.4) is 0 Å². The second kappa shape index (κ2) is 4.02. The van der Waals surface area contributed by atoms with Crippen LogP contribution in [0.5, 0.6) is 0 Å². The van der Waals surface area contributed by atoms with E-state index < -0.39 is 0 Å². The van der Waals surface area contributed by atoms with Crippen LogP contribution < -0.4 is 10.6 Å². The average molecular weight is 208 g/mol. The molecule has 1 aromatic heterocycles. The van der Waals surface area contributed by atoms with Gasteiger partial charge in [0.1, 0.15) is 5.82 Å². The van der Waals surface area contributed by atoms with Gasteiger partial charge < -0.3 is 15.7 Å². The molecule has 1 aliphatic heterocycles. The maximum atomic E-state index is 9.21. The Labute approximate surface area is 88.9 Å². The molecular formula is C10H16N4O. The number of aromatic nitrogens is 2. The smallest absolute Gasteiger partial charge is 0.227 e. The third kappa shape index (κ3) is 2.02. The van der Waals surface area contributed by atoms with Gasteiger partial charge in [0.15, 0.2) is 0 Å². The third-order valence-corrected chi connectivity index (χ3v) is 2.71. The monoisotopic (exact) mass is 208 g/mol. The molecule has 0 radical (unpaired) electrons. The van der Waals surface area contributed by atoms with Crippen LogP contribution in [0, 0.1) is 6.92 Å². The summed E-state index contributed by atoms with van der Waals surface area (Å²) in [5.74, 6) is 1.13. The van der Waals surface area contributed by atoms with Gasteiger partial charge >= 0.3 is 0 Å². The fraction of sp³-hybridized carbons (Fsp3) is 0.600. The minimum Gasteiger partial charge on any atom is -0.394 e. The normalized spacial score (nSPS) is 20.9. The second-order valence-corrected chi connectivity index (χ2v) is 3.91. The van der Waals surface area contributed by atoms with E-state index in [4.69, 9.17) is 5.73 Å². The zero-order valence-electron chi connectivity index (χ0n) is 8.85. The summed E-state index contributed by atoms with van der Waals surface area (Å²) >= 11 is 0. The van der Waals surface area contributed by atoms with Crippen LogP contribution in [-0.2, 0) is 0 Å². The molecule has 3 N–H and O–H groups in total. The summed E-state index contributed by atoms with van der Waals surface area (Å²) in [7, 11) is 0. The number of nitrogen functional groups attached to an aromatic ring is 1. The molecule has 1 unspecified atom stereocenters. The van der Waals surface area contributed by atoms with Crippen LogP contribution in [-0.4, -0.2) is 34.3 Å². The van der Waals surface area contributed by atoms with Gasteiger partial charge in [-0.1, -0.05) is 0 Å². The van der Waals surface area contributed by atoms with Gasteiger partial charge in [0.2, 0.25) is 5.95 Å². The fourth-order valence-electron chi connectivity index (χ4n) is 1.99. The highest BCUT2D eigenvalue weighted by Gasteiger charge is 2.26. The van der Waals surface area contributed by atoms with Crippen molar-refractivity contribution in [1.82, 2.24) is 9.97 Å². The molecule has 1 saturated heterocycles. The van der Waals surface area contributed by atoms with Gasteiger partial charge in [0.05, 0.1) is 12.6 Å². The summed E-state index contributed by atoms with van der Waals surface area (Å²) < 4.78 is 0. The van der Waals surface area contributed by atoms with Crippen molar-refractivity contribution >= 4 is 11.8 Å². The first-order chi connectivity index (χ1) is 7.20. The Balaban J connectivity index is 2.28. The molecule has 1 atom stereocenters. The van der Waals surface area contributed by atoms with Crippen molar-refractivity contribution in [3.63, 3.8) is 0 Å². The van der Waals surface area contributed by atoms with Crippen molar-refractivity contribution in [3.05, 3.63) is 11.8 Å². The summed E-state index contributed by atoms with van der Waals surface area (Å²) in [5.41, 5.74) is 6.54. The summed E-state index contributed by atoms with van der Waals surface area (Å²) in [6, 6.07) is 1.89. The van der Waals surface area contributed by atoms with E-state index in [1.54, 1.807) is 6.07 Å². The Kier molecular flexibility index (Phi) is 2.73. The first-order valence-electron chi connectivity index (χ1n) is 5.19. The molecule has 1 fully saturated rings. The molecule has 2 rings (SSSR count). The van der Waals surface area contributed by atoms with Gasteiger partial charge in [-0.25, -0.2) is 4.98 Å². The Morgan fingerprint density at radius 2 is 2.40 bits per heavy atom. The number of rotatable bonds is 2. The number of aryl methyl sites for hydroxylation is 1. The van der Waals surface area contributed by atoms with Crippen LogP contribution in [0.25, 0.3) is 0 Å². The SMILES string of the molecule is Cc1cc(N)nc(N2CCCC2CO)n1. The standard InChI is InChI=1S/C10H16N4O/c1-7-5-9(11)13-10(12-7)14-4-2-3-8(14)6-15/h5,8,15H,2-4,6H2,1H3,(H2,11,12,13). The zero-order chi connectivity index (χ0) is 10.8. The van der Waals surface area contributed by atoms with Crippen LogP contribution in [0.15, 0.2) is 6.07 Å². The number of hydrogen-bond donors (Lipinski definition) is 2. The molecule has 1 aliphatic rings. The first kappa shape index (κ1) is 10.2. The van der Waals surface area contributed by atoms with E-state index in [1.807, 2.05) is 11.8 Å². The van der Waals surface area contributed by atoms with Crippen LogP contribution in [0.1, 0.15) is 18.5 Å². The van der Waals surface area contributed by atoms with Crippen molar-refractivity contribution < 1.29 is 5.11 Å². The van der Waals surface area contributed by atoms with E-state index >= 15 is 0 Å². The van der Waals surface area contributed by atoms with E-state index in [1.165, 1.54) is 0 Å². The van der Waals surface area contributed by atoms with E-state index in [2.05, 4.69) is 9.97 Å². The Morgan fingerprint density at radius 3 is 3.07 bits per heavy atom. The maximum Gasteiger partial charge on any atom is 0.227 e. The number of aliphatic hydroxyl groups excluding tert-OH is 1. The third-order valence-electron chi connectivity index (χ3n) is 2.71. The summed E-state index contributed by atoms with van der Waals surface area (Å²) in [6.45, 7) is 2.94. The fourth-order valence-corrected chi connectivity index (χ4v) is 1.99. The highest BCUT2D eigenvalue weighted by atomic mass is 16.3. The molecule has 0 aromatic carbocycles. The molecular weight excluding hydrogens is 192 g/mol. The van der Waals surface area contributed by atoms with E-state index in [0.29, 0.717) is 11.8 Å². The molecule has 0 amide bonds. The molecule has 2 heterocycles. The van der Waals surface area contributed by atoms with Crippen LogP contribution in [0.4, 0.5) is 11.8 Å². The number of anilines is 2. The molecule has 0 bridgehead atoms. The van der Waals surface area contributed by atoms with Gasteiger partial charge in [-0.05, 0) is 19.8 Å². The highest BCUT2D eigenvalue weighted by molar-refractivity contribution is 5.41. The minimum atomic E-state index is 0.145. The zero-order valence-corrected chi connectivity index (χ0v) is 8.85. The second-order valence-electron chi connectivity index (χ2n) is 3.91. The van der Waals surface area contributed by atoms with Crippen molar-refractivity contribution in [2.45, 2.75) is 25.8 Å². The van der Waals surface area contributed by atoms with Crippen molar-refractivity contribution in [2.75, 3.05) is 23.8 Å². The largest absolute Gasteiger partial charge is 0.394 e. The van der Waals surface area contributed by atoms with Gasteiger partial charge in [0.25, 0.3) is 0 Å². The lowest BCUT2D eigenvalue weighted by molar-refractivity contribution is 0.265. The van der Waals surface area contributed by atoms with E-state index in [-0.39, 0.29) is 12.6 Å². The van der Waals surface area contributed by atoms with Gasteiger partial charge in [-0.15, -0.1) is 0 Å². The molecule has 0 saturated carbocycles. The van der Waals surface area contributed by atoms with Crippen molar-refractivity contribution in [1.29, 1.82) is 0 Å². The van der Waals surface area contributed by atoms with Crippen molar-refractivity contribution in [2.24, 2.45) is 0 Å². The molecule has 82 valence electrons. The Bertz CT molecular complexity index is 335. The van der Waals surface area contributed by atoms with Gasteiger partial charge in [-0.2, -0.15) is 4.98 Å². The number of hydrogen-bond acceptors (Lipinski definition) is 5. The molecule has 0 spiro atoms. The molecule has 15 heavy (non-hydrogen) atoms. The van der Waals surface area contributed by atoms with Crippen LogP contribution >= 0.6 is 0 Å². The summed E-state index contributed by atoms with van der Waals surface area (Å²) in [6.07, 6.45) is 2.07.